The minimum Gasteiger partial charge on any atom is -0.468 e. The molecule has 0 aromatic heterocycles. The van der Waals surface area contributed by atoms with Crippen LogP contribution in [-0.2, 0) is 14.9 Å². The second-order valence-electron chi connectivity index (χ2n) is 5.97. The van der Waals surface area contributed by atoms with Gasteiger partial charge in [-0.3, -0.25) is 4.79 Å². The summed E-state index contributed by atoms with van der Waals surface area (Å²) in [5, 5.41) is 0. The van der Waals surface area contributed by atoms with Crippen molar-refractivity contribution in [3.63, 3.8) is 0 Å². The van der Waals surface area contributed by atoms with Gasteiger partial charge in [0.2, 0.25) is 0 Å². The highest BCUT2D eigenvalue weighted by atomic mass is 32.2. The van der Waals surface area contributed by atoms with Gasteiger partial charge in [-0.05, 0) is 30.0 Å². The van der Waals surface area contributed by atoms with Crippen molar-refractivity contribution in [3.05, 3.63) is 29.8 Å². The van der Waals surface area contributed by atoms with Gasteiger partial charge < -0.3 is 10.5 Å². The summed E-state index contributed by atoms with van der Waals surface area (Å²) < 4.78 is 4.69. The second kappa shape index (κ2) is 5.97. The van der Waals surface area contributed by atoms with Gasteiger partial charge in [0.05, 0.1) is 7.11 Å². The Morgan fingerprint density at radius 2 is 1.74 bits per heavy atom. The highest BCUT2D eigenvalue weighted by Crippen LogP contribution is 2.27. The Morgan fingerprint density at radius 1 is 1.21 bits per heavy atom. The van der Waals surface area contributed by atoms with Crippen molar-refractivity contribution >= 4 is 17.7 Å². The third-order valence-electron chi connectivity index (χ3n) is 2.91. The van der Waals surface area contributed by atoms with E-state index in [1.165, 1.54) is 12.7 Å². The lowest BCUT2D eigenvalue weighted by atomic mass is 9.87. The average Bonchev–Trinajstić information content (AvgIpc) is 2.35. The molecule has 106 valence electrons. The third kappa shape index (κ3) is 4.55. The van der Waals surface area contributed by atoms with Gasteiger partial charge in [-0.2, -0.15) is 0 Å². The topological polar surface area (TPSA) is 52.3 Å². The summed E-state index contributed by atoms with van der Waals surface area (Å²) in [6, 6.07) is 8.37. The van der Waals surface area contributed by atoms with E-state index in [-0.39, 0.29) is 11.4 Å². The molecule has 1 rings (SSSR count). The normalized spacial score (nSPS) is 14.8. The zero-order valence-corrected chi connectivity index (χ0v) is 13.1. The van der Waals surface area contributed by atoms with Gasteiger partial charge in [-0.15, -0.1) is 11.8 Å². The standard InChI is InChI=1S/C15H23NO2S/c1-14(2,3)11-6-8-12(9-7-11)19-10-15(4,16)13(17)18-5/h6-9H,10,16H2,1-5H3. The first kappa shape index (κ1) is 16.1. The Kier molecular flexibility index (Phi) is 5.04. The molecule has 0 radical (unpaired) electrons. The van der Waals surface area contributed by atoms with Crippen LogP contribution in [0, 0.1) is 0 Å². The number of ether oxygens (including phenoxy) is 1. The average molecular weight is 281 g/mol. The zero-order valence-electron chi connectivity index (χ0n) is 12.3. The van der Waals surface area contributed by atoms with Gasteiger partial charge in [0.15, 0.2) is 0 Å². The van der Waals surface area contributed by atoms with Crippen molar-refractivity contribution in [1.82, 2.24) is 0 Å². The minimum atomic E-state index is -0.956. The Morgan fingerprint density at radius 3 is 2.16 bits per heavy atom. The molecule has 19 heavy (non-hydrogen) atoms. The van der Waals surface area contributed by atoms with Crippen LogP contribution in [0.2, 0.25) is 0 Å². The molecule has 1 aromatic rings. The third-order valence-corrected chi connectivity index (χ3v) is 4.26. The van der Waals surface area contributed by atoms with Crippen molar-refractivity contribution in [2.75, 3.05) is 12.9 Å². The van der Waals surface area contributed by atoms with E-state index in [4.69, 9.17) is 5.73 Å². The minimum absolute atomic E-state index is 0.150. The maximum atomic E-state index is 11.5. The van der Waals surface area contributed by atoms with Crippen LogP contribution >= 0.6 is 11.8 Å². The number of methoxy groups -OCH3 is 1. The van der Waals surface area contributed by atoms with E-state index in [1.807, 2.05) is 0 Å². The molecule has 0 amide bonds. The van der Waals surface area contributed by atoms with Gasteiger partial charge in [0, 0.05) is 10.6 Å². The first-order chi connectivity index (χ1) is 8.66. The van der Waals surface area contributed by atoms with Gasteiger partial charge in [0.1, 0.15) is 5.54 Å². The van der Waals surface area contributed by atoms with Crippen LogP contribution < -0.4 is 5.73 Å². The summed E-state index contributed by atoms with van der Waals surface area (Å²) in [4.78, 5) is 12.6. The van der Waals surface area contributed by atoms with Crippen LogP contribution in [0.1, 0.15) is 33.3 Å². The lowest BCUT2D eigenvalue weighted by molar-refractivity contribution is -0.145. The molecule has 0 fully saturated rings. The summed E-state index contributed by atoms with van der Waals surface area (Å²) in [5.41, 5.74) is 6.41. The van der Waals surface area contributed by atoms with Crippen molar-refractivity contribution in [1.29, 1.82) is 0 Å². The molecule has 0 aliphatic heterocycles. The van der Waals surface area contributed by atoms with Crippen molar-refractivity contribution in [2.45, 2.75) is 43.5 Å². The molecule has 0 aliphatic rings. The Balaban J connectivity index is 2.67. The molecule has 0 spiro atoms. The second-order valence-corrected chi connectivity index (χ2v) is 7.02. The van der Waals surface area contributed by atoms with E-state index in [1.54, 1.807) is 18.7 Å². The molecule has 0 heterocycles. The molecule has 2 N–H and O–H groups in total. The monoisotopic (exact) mass is 281 g/mol. The maximum Gasteiger partial charge on any atom is 0.326 e. The van der Waals surface area contributed by atoms with Gasteiger partial charge in [0.25, 0.3) is 0 Å². The van der Waals surface area contributed by atoms with Gasteiger partial charge in [-0.25, -0.2) is 0 Å². The van der Waals surface area contributed by atoms with E-state index in [0.29, 0.717) is 5.75 Å². The number of benzene rings is 1. The molecule has 1 aromatic carbocycles. The van der Waals surface area contributed by atoms with Crippen LogP contribution in [0.5, 0.6) is 0 Å². The van der Waals surface area contributed by atoms with Gasteiger partial charge in [-0.1, -0.05) is 32.9 Å². The molecular weight excluding hydrogens is 258 g/mol. The first-order valence-electron chi connectivity index (χ1n) is 6.27. The number of carbonyl (C=O) groups is 1. The van der Waals surface area contributed by atoms with E-state index < -0.39 is 5.54 Å². The lowest BCUT2D eigenvalue weighted by Gasteiger charge is -2.21. The number of hydrogen-bond acceptors (Lipinski definition) is 4. The summed E-state index contributed by atoms with van der Waals surface area (Å²) >= 11 is 1.56. The smallest absolute Gasteiger partial charge is 0.326 e. The highest BCUT2D eigenvalue weighted by Gasteiger charge is 2.29. The number of carbonyl (C=O) groups excluding carboxylic acids is 1. The van der Waals surface area contributed by atoms with Crippen LogP contribution in [0.3, 0.4) is 0 Å². The van der Waals surface area contributed by atoms with E-state index >= 15 is 0 Å². The van der Waals surface area contributed by atoms with Crippen molar-refractivity contribution in [3.8, 4) is 0 Å². The van der Waals surface area contributed by atoms with Crippen LogP contribution in [0.25, 0.3) is 0 Å². The SMILES string of the molecule is COC(=O)C(C)(N)CSc1ccc(C(C)(C)C)cc1. The van der Waals surface area contributed by atoms with Crippen molar-refractivity contribution in [2.24, 2.45) is 5.73 Å². The fourth-order valence-corrected chi connectivity index (χ4v) is 2.49. The first-order valence-corrected chi connectivity index (χ1v) is 7.26. The molecule has 0 saturated carbocycles. The maximum absolute atomic E-state index is 11.5. The van der Waals surface area contributed by atoms with E-state index in [9.17, 15) is 4.79 Å². The number of nitrogens with two attached hydrogens (primary N) is 1. The molecule has 1 unspecified atom stereocenters. The van der Waals surface area contributed by atoms with E-state index in [2.05, 4.69) is 49.8 Å². The summed E-state index contributed by atoms with van der Waals surface area (Å²) in [5.74, 6) is 0.112. The predicted molar refractivity (Wildman–Crippen MR) is 80.5 cm³/mol. The van der Waals surface area contributed by atoms with Crippen LogP contribution in [0.4, 0.5) is 0 Å². The number of rotatable bonds is 4. The lowest BCUT2D eigenvalue weighted by Crippen LogP contribution is -2.48. The molecule has 1 atom stereocenters. The summed E-state index contributed by atoms with van der Waals surface area (Å²) in [6.45, 7) is 8.24. The number of thioether (sulfide) groups is 1. The molecule has 0 aliphatic carbocycles. The zero-order chi connectivity index (χ0) is 14.7. The predicted octanol–water partition coefficient (Wildman–Crippen LogP) is 2.97. The fourth-order valence-electron chi connectivity index (χ4n) is 1.58. The number of esters is 1. The molecule has 0 bridgehead atoms. The largest absolute Gasteiger partial charge is 0.468 e. The Labute approximate surface area is 119 Å². The Hall–Kier alpha value is -1.00. The van der Waals surface area contributed by atoms with Crippen molar-refractivity contribution < 1.29 is 9.53 Å². The van der Waals surface area contributed by atoms with Crippen LogP contribution in [-0.4, -0.2) is 24.4 Å². The van der Waals surface area contributed by atoms with Crippen LogP contribution in [0.15, 0.2) is 29.2 Å². The molecular formula is C15H23NO2S. The Bertz CT molecular complexity index is 432. The molecule has 0 saturated heterocycles. The summed E-state index contributed by atoms with van der Waals surface area (Å²) in [6.07, 6.45) is 0. The summed E-state index contributed by atoms with van der Waals surface area (Å²) in [7, 11) is 1.36. The van der Waals surface area contributed by atoms with E-state index in [0.717, 1.165) is 4.90 Å². The molecule has 3 nitrogen and oxygen atoms in total. The van der Waals surface area contributed by atoms with Gasteiger partial charge >= 0.3 is 5.97 Å². The highest BCUT2D eigenvalue weighted by molar-refractivity contribution is 7.99. The fraction of sp³-hybridized carbons (Fsp3) is 0.533. The molecule has 4 heteroatoms. The number of hydrogen-bond donors (Lipinski definition) is 1. The quantitative estimate of drug-likeness (QED) is 0.681.